The van der Waals surface area contributed by atoms with Crippen molar-refractivity contribution in [1.82, 2.24) is 0 Å². The van der Waals surface area contributed by atoms with Crippen molar-refractivity contribution in [3.8, 4) is 0 Å². The Bertz CT molecular complexity index is 644. The third-order valence-corrected chi connectivity index (χ3v) is 5.70. The summed E-state index contributed by atoms with van der Waals surface area (Å²) in [6.45, 7) is 3.95. The maximum absolute atomic E-state index is 12.4. The molecule has 2 fully saturated rings. The molecule has 0 aromatic rings. The number of carbonyl (C=O) groups is 3. The molecule has 0 N–H and O–H groups in total. The molecule has 0 unspecified atom stereocenters. The van der Waals surface area contributed by atoms with Gasteiger partial charge in [0.15, 0.2) is 0 Å². The van der Waals surface area contributed by atoms with Crippen LogP contribution in [0.1, 0.15) is 46.0 Å². The second-order valence-corrected chi connectivity index (χ2v) is 7.18. The maximum atomic E-state index is 12.4. The van der Waals surface area contributed by atoms with E-state index >= 15 is 0 Å². The van der Waals surface area contributed by atoms with Crippen LogP contribution in [0, 0.1) is 11.3 Å². The van der Waals surface area contributed by atoms with Crippen LogP contribution in [-0.4, -0.2) is 30.2 Å². The van der Waals surface area contributed by atoms with Crippen molar-refractivity contribution in [3.63, 3.8) is 0 Å². The Morgan fingerprint density at radius 3 is 2.61 bits per heavy atom. The fourth-order valence-electron chi connectivity index (χ4n) is 4.48. The quantitative estimate of drug-likeness (QED) is 0.422. The molecule has 0 spiro atoms. The van der Waals surface area contributed by atoms with Crippen LogP contribution in [0.25, 0.3) is 0 Å². The molecule has 2 aliphatic carbocycles. The number of hydrogen-bond acceptors (Lipinski definition) is 5. The Morgan fingerprint density at radius 1 is 1.22 bits per heavy atom. The first-order valence-corrected chi connectivity index (χ1v) is 8.08. The van der Waals surface area contributed by atoms with E-state index in [1.165, 1.54) is 19.3 Å². The smallest absolute Gasteiger partial charge is 0.311 e. The normalized spacial score (nSPS) is 36.7. The van der Waals surface area contributed by atoms with Gasteiger partial charge in [-0.05, 0) is 57.6 Å². The topological polar surface area (TPSA) is 69.7 Å². The third kappa shape index (κ3) is 2.42. The first-order chi connectivity index (χ1) is 10.8. The molecular formula is C18H22O5. The molecule has 3 atom stereocenters. The number of hydrogen-bond donors (Lipinski definition) is 0. The minimum atomic E-state index is -0.607. The van der Waals surface area contributed by atoms with Gasteiger partial charge in [0.1, 0.15) is 11.4 Å². The minimum absolute atomic E-state index is 0.0196. The number of ether oxygens (including phenoxy) is 2. The van der Waals surface area contributed by atoms with Gasteiger partial charge < -0.3 is 9.47 Å². The molecular weight excluding hydrogens is 296 g/mol. The molecule has 0 radical (unpaired) electrons. The molecule has 3 rings (SSSR count). The summed E-state index contributed by atoms with van der Waals surface area (Å²) in [6.07, 6.45) is 6.47. The van der Waals surface area contributed by atoms with Gasteiger partial charge in [0.2, 0.25) is 11.6 Å². The minimum Gasteiger partial charge on any atom is -0.487 e. The summed E-state index contributed by atoms with van der Waals surface area (Å²) >= 11 is 0. The first-order valence-electron chi connectivity index (χ1n) is 8.08. The van der Waals surface area contributed by atoms with E-state index in [0.717, 1.165) is 31.3 Å². The molecule has 0 aromatic carbocycles. The van der Waals surface area contributed by atoms with Gasteiger partial charge in [-0.15, -0.1) is 0 Å². The molecule has 0 bridgehead atoms. The second kappa shape index (κ2) is 5.32. The van der Waals surface area contributed by atoms with Gasteiger partial charge >= 0.3 is 5.97 Å². The predicted molar refractivity (Wildman–Crippen MR) is 82.4 cm³/mol. The first kappa shape index (κ1) is 16.0. The van der Waals surface area contributed by atoms with Crippen molar-refractivity contribution in [1.29, 1.82) is 0 Å². The fourth-order valence-corrected chi connectivity index (χ4v) is 4.48. The zero-order valence-corrected chi connectivity index (χ0v) is 13.8. The number of allylic oxidation sites excluding steroid dienone is 3. The molecule has 0 amide bonds. The van der Waals surface area contributed by atoms with Crippen molar-refractivity contribution < 1.29 is 23.9 Å². The zero-order valence-electron chi connectivity index (χ0n) is 13.8. The van der Waals surface area contributed by atoms with Crippen molar-refractivity contribution in [3.05, 3.63) is 23.5 Å². The van der Waals surface area contributed by atoms with E-state index < -0.39 is 22.6 Å². The molecule has 124 valence electrons. The molecule has 5 heteroatoms. The summed E-state index contributed by atoms with van der Waals surface area (Å²) in [4.78, 5) is 35.7. The monoisotopic (exact) mass is 318 g/mol. The van der Waals surface area contributed by atoms with E-state index in [2.05, 4.69) is 0 Å². The summed E-state index contributed by atoms with van der Waals surface area (Å²) in [7, 11) is 1.42. The van der Waals surface area contributed by atoms with Crippen LogP contribution >= 0.6 is 0 Å². The largest absolute Gasteiger partial charge is 0.487 e. The van der Waals surface area contributed by atoms with Gasteiger partial charge in [-0.3, -0.25) is 14.4 Å². The lowest BCUT2D eigenvalue weighted by molar-refractivity contribution is -0.172. The fraction of sp³-hybridized carbons (Fsp3) is 0.611. The molecule has 3 aliphatic rings. The lowest BCUT2D eigenvalue weighted by Crippen LogP contribution is -2.52. The molecule has 23 heavy (non-hydrogen) atoms. The van der Waals surface area contributed by atoms with Gasteiger partial charge in [0.05, 0.1) is 12.5 Å². The number of carbonyl (C=O) groups excluding carboxylic acids is 3. The highest BCUT2D eigenvalue weighted by Gasteiger charge is 2.56. The zero-order chi connectivity index (χ0) is 16.8. The predicted octanol–water partition coefficient (Wildman–Crippen LogP) is 2.50. The number of esters is 1. The highest BCUT2D eigenvalue weighted by Crippen LogP contribution is 2.54. The molecule has 1 heterocycles. The van der Waals surface area contributed by atoms with E-state index in [1.807, 2.05) is 13.8 Å². The van der Waals surface area contributed by atoms with E-state index in [0.29, 0.717) is 12.2 Å². The van der Waals surface area contributed by atoms with Crippen molar-refractivity contribution in [2.24, 2.45) is 11.3 Å². The number of rotatable bonds is 1. The average molecular weight is 318 g/mol. The summed E-state index contributed by atoms with van der Waals surface area (Å²) in [5.74, 6) is -0.782. The lowest BCUT2D eigenvalue weighted by Gasteiger charge is -2.49. The van der Waals surface area contributed by atoms with E-state index in [4.69, 9.17) is 9.47 Å². The SMILES string of the molecule is COC(=O)[C@@]1(C)CCC[C@]2(C)OC3=CC(=O)C(=O)C=C3CC[C@H]21. The second-order valence-electron chi connectivity index (χ2n) is 7.18. The van der Waals surface area contributed by atoms with Crippen LogP contribution in [0.15, 0.2) is 23.5 Å². The Labute approximate surface area is 135 Å². The van der Waals surface area contributed by atoms with Crippen molar-refractivity contribution in [2.75, 3.05) is 7.11 Å². The van der Waals surface area contributed by atoms with E-state index in [-0.39, 0.29) is 11.9 Å². The van der Waals surface area contributed by atoms with Gasteiger partial charge in [0.25, 0.3) is 0 Å². The molecule has 5 nitrogen and oxygen atoms in total. The molecule has 0 aromatic heterocycles. The number of fused-ring (bicyclic) bond motifs is 2. The standard InChI is InChI=1S/C18H22O5/c1-17(16(21)22-3)7-4-8-18(2)15(17)6-5-11-9-12(19)13(20)10-14(11)23-18/h9-10,15H,4-8H2,1-3H3/t15-,17-,18-/m0/s1. The molecule has 1 saturated carbocycles. The highest BCUT2D eigenvalue weighted by atomic mass is 16.5. The Morgan fingerprint density at radius 2 is 1.91 bits per heavy atom. The molecule has 1 saturated heterocycles. The van der Waals surface area contributed by atoms with E-state index in [1.54, 1.807) is 0 Å². The van der Waals surface area contributed by atoms with Gasteiger partial charge in [0, 0.05) is 12.0 Å². The van der Waals surface area contributed by atoms with Crippen molar-refractivity contribution in [2.45, 2.75) is 51.6 Å². The summed E-state index contributed by atoms with van der Waals surface area (Å²) in [5, 5.41) is 0. The number of ketones is 2. The Kier molecular flexibility index (Phi) is 3.69. The number of methoxy groups -OCH3 is 1. The summed E-state index contributed by atoms with van der Waals surface area (Å²) in [5.41, 5.74) is -0.384. The summed E-state index contributed by atoms with van der Waals surface area (Å²) < 4.78 is 11.3. The van der Waals surface area contributed by atoms with E-state index in [9.17, 15) is 14.4 Å². The van der Waals surface area contributed by atoms with Gasteiger partial charge in [-0.1, -0.05) is 0 Å². The Hall–Kier alpha value is -1.91. The van der Waals surface area contributed by atoms with Gasteiger partial charge in [-0.25, -0.2) is 0 Å². The van der Waals surface area contributed by atoms with Crippen LogP contribution < -0.4 is 0 Å². The average Bonchev–Trinajstić information content (AvgIpc) is 2.64. The van der Waals surface area contributed by atoms with Crippen LogP contribution in [0.5, 0.6) is 0 Å². The molecule has 1 aliphatic heterocycles. The maximum Gasteiger partial charge on any atom is 0.311 e. The van der Waals surface area contributed by atoms with Crippen LogP contribution in [-0.2, 0) is 23.9 Å². The third-order valence-electron chi connectivity index (χ3n) is 5.70. The van der Waals surface area contributed by atoms with Crippen LogP contribution in [0.3, 0.4) is 0 Å². The lowest BCUT2D eigenvalue weighted by atomic mass is 9.59. The van der Waals surface area contributed by atoms with Crippen LogP contribution in [0.4, 0.5) is 0 Å². The summed E-state index contributed by atoms with van der Waals surface area (Å²) in [6, 6.07) is 0. The van der Waals surface area contributed by atoms with Crippen LogP contribution in [0.2, 0.25) is 0 Å². The Balaban J connectivity index is 2.01. The van der Waals surface area contributed by atoms with Crippen molar-refractivity contribution >= 4 is 17.5 Å². The van der Waals surface area contributed by atoms with Gasteiger partial charge in [-0.2, -0.15) is 0 Å². The highest BCUT2D eigenvalue weighted by molar-refractivity contribution is 6.46.